The Morgan fingerprint density at radius 2 is 1.80 bits per heavy atom. The minimum Gasteiger partial charge on any atom is -0.378 e. The van der Waals surface area contributed by atoms with Crippen LogP contribution in [0.2, 0.25) is 0 Å². The summed E-state index contributed by atoms with van der Waals surface area (Å²) in [6.07, 6.45) is 0. The maximum Gasteiger partial charge on any atom is 0.261 e. The van der Waals surface area contributed by atoms with Gasteiger partial charge in [0.1, 0.15) is 16.5 Å². The largest absolute Gasteiger partial charge is 0.378 e. The third-order valence-corrected chi connectivity index (χ3v) is 6.96. The molecule has 2 aromatic heterocycles. The summed E-state index contributed by atoms with van der Waals surface area (Å²) < 4.78 is 18.5. The highest BCUT2D eigenvalue weighted by Crippen LogP contribution is 2.30. The number of hydrogen-bond acceptors (Lipinski definition) is 6. The number of nitrogens with zero attached hydrogens (tertiary/aromatic N) is 2. The van der Waals surface area contributed by atoms with Gasteiger partial charge in [-0.25, -0.2) is 4.39 Å². The van der Waals surface area contributed by atoms with E-state index >= 15 is 0 Å². The van der Waals surface area contributed by atoms with Crippen molar-refractivity contribution in [3.63, 3.8) is 0 Å². The first-order valence-corrected chi connectivity index (χ1v) is 12.1. The van der Waals surface area contributed by atoms with E-state index < -0.39 is 0 Å². The van der Waals surface area contributed by atoms with Gasteiger partial charge in [0.25, 0.3) is 11.8 Å². The molecule has 2 aromatic carbocycles. The monoisotopic (exact) mass is 493 g/mol. The number of ether oxygens (including phenoxy) is 1. The van der Waals surface area contributed by atoms with Crippen molar-refractivity contribution in [2.45, 2.75) is 13.0 Å². The van der Waals surface area contributed by atoms with Crippen molar-refractivity contribution in [2.75, 3.05) is 36.5 Å². The molecule has 0 saturated carbocycles. The molecule has 10 heteroatoms. The van der Waals surface area contributed by atoms with Gasteiger partial charge in [-0.1, -0.05) is 12.1 Å². The van der Waals surface area contributed by atoms with Gasteiger partial charge in [0.15, 0.2) is 0 Å². The molecule has 1 aliphatic heterocycles. The standard InChI is InChI=1S/C25H24FN5O3S/c1-15(16-2-6-18(26)7-3-16)27-24(33)21-14-20-22(29-30-25(20)35-21)28-23(32)17-4-8-19(9-5-17)31-10-12-34-13-11-31/h2-9,14-15H,10-13H2,1H3,(H,27,33)(H2,28,29,30,32). The lowest BCUT2D eigenvalue weighted by atomic mass is 10.1. The molecular formula is C25H24FN5O3S. The minimum atomic E-state index is -0.325. The third kappa shape index (κ3) is 5.03. The molecule has 5 rings (SSSR count). The number of benzene rings is 2. The highest BCUT2D eigenvalue weighted by Gasteiger charge is 2.19. The Kier molecular flexibility index (Phi) is 6.47. The highest BCUT2D eigenvalue weighted by atomic mass is 32.1. The van der Waals surface area contributed by atoms with E-state index in [2.05, 4.69) is 25.7 Å². The Labute approximate surface area is 205 Å². The van der Waals surface area contributed by atoms with Gasteiger partial charge in [0.05, 0.1) is 29.5 Å². The lowest BCUT2D eigenvalue weighted by molar-refractivity contribution is 0.0943. The zero-order chi connectivity index (χ0) is 24.4. The van der Waals surface area contributed by atoms with Gasteiger partial charge in [0, 0.05) is 24.3 Å². The maximum absolute atomic E-state index is 13.2. The third-order valence-electron chi connectivity index (χ3n) is 5.94. The van der Waals surface area contributed by atoms with Gasteiger partial charge < -0.3 is 20.3 Å². The SMILES string of the molecule is CC(NC(=O)c1cc2c(NC(=O)c3ccc(N4CCOCC4)cc3)[nH]nc2s1)c1ccc(F)cc1. The van der Waals surface area contributed by atoms with Crippen LogP contribution in [-0.2, 0) is 4.74 Å². The first kappa shape index (κ1) is 23.0. The molecule has 0 aliphatic carbocycles. The Morgan fingerprint density at radius 1 is 1.09 bits per heavy atom. The van der Waals surface area contributed by atoms with E-state index in [9.17, 15) is 14.0 Å². The van der Waals surface area contributed by atoms with Crippen molar-refractivity contribution in [2.24, 2.45) is 0 Å². The van der Waals surface area contributed by atoms with Crippen LogP contribution in [0.5, 0.6) is 0 Å². The van der Waals surface area contributed by atoms with Crippen LogP contribution in [0.25, 0.3) is 10.2 Å². The molecule has 1 aliphatic rings. The van der Waals surface area contributed by atoms with Crippen molar-refractivity contribution in [3.8, 4) is 0 Å². The van der Waals surface area contributed by atoms with Crippen LogP contribution in [0.15, 0.2) is 54.6 Å². The predicted octanol–water partition coefficient (Wildman–Crippen LogP) is 4.34. The van der Waals surface area contributed by atoms with E-state index in [4.69, 9.17) is 4.74 Å². The Balaban J connectivity index is 1.26. The summed E-state index contributed by atoms with van der Waals surface area (Å²) >= 11 is 1.23. The molecule has 1 unspecified atom stereocenters. The van der Waals surface area contributed by atoms with Crippen LogP contribution < -0.4 is 15.5 Å². The van der Waals surface area contributed by atoms with Crippen LogP contribution in [0, 0.1) is 5.82 Å². The number of thiophene rings is 1. The van der Waals surface area contributed by atoms with Gasteiger partial charge in [-0.3, -0.25) is 14.7 Å². The average molecular weight is 494 g/mol. The molecule has 35 heavy (non-hydrogen) atoms. The summed E-state index contributed by atoms with van der Waals surface area (Å²) in [7, 11) is 0. The molecule has 1 atom stereocenters. The molecule has 8 nitrogen and oxygen atoms in total. The number of rotatable bonds is 6. The van der Waals surface area contributed by atoms with E-state index in [1.165, 1.54) is 23.5 Å². The fourth-order valence-corrected chi connectivity index (χ4v) is 4.85. The van der Waals surface area contributed by atoms with Crippen LogP contribution in [0.4, 0.5) is 15.9 Å². The number of nitrogens with one attached hydrogen (secondary N) is 3. The topological polar surface area (TPSA) is 99.4 Å². The van der Waals surface area contributed by atoms with Crippen molar-refractivity contribution in [1.82, 2.24) is 15.5 Å². The second-order valence-corrected chi connectivity index (χ2v) is 9.31. The number of amides is 2. The zero-order valence-electron chi connectivity index (χ0n) is 19.0. The van der Waals surface area contributed by atoms with E-state index in [-0.39, 0.29) is 23.7 Å². The maximum atomic E-state index is 13.2. The normalized spacial score (nSPS) is 14.6. The number of morpholine rings is 1. The zero-order valence-corrected chi connectivity index (χ0v) is 19.8. The molecule has 0 spiro atoms. The number of hydrogen-bond donors (Lipinski definition) is 3. The van der Waals surface area contributed by atoms with E-state index in [1.54, 1.807) is 30.3 Å². The second-order valence-electron chi connectivity index (χ2n) is 8.28. The molecule has 0 bridgehead atoms. The summed E-state index contributed by atoms with van der Waals surface area (Å²) in [5.41, 5.74) is 2.37. The number of carbonyl (C=O) groups excluding carboxylic acids is 2. The molecule has 2 amide bonds. The molecule has 1 fully saturated rings. The predicted molar refractivity (Wildman–Crippen MR) is 134 cm³/mol. The fraction of sp³-hybridized carbons (Fsp3) is 0.240. The molecular weight excluding hydrogens is 469 g/mol. The van der Waals surface area contributed by atoms with Crippen molar-refractivity contribution in [1.29, 1.82) is 0 Å². The lowest BCUT2D eigenvalue weighted by Crippen LogP contribution is -2.36. The number of fused-ring (bicyclic) bond motifs is 1. The molecule has 3 N–H and O–H groups in total. The molecule has 0 radical (unpaired) electrons. The fourth-order valence-electron chi connectivity index (χ4n) is 3.95. The van der Waals surface area contributed by atoms with Crippen LogP contribution in [0.3, 0.4) is 0 Å². The first-order chi connectivity index (χ1) is 17.0. The van der Waals surface area contributed by atoms with Crippen LogP contribution in [-0.4, -0.2) is 48.3 Å². The number of anilines is 2. The number of aromatic amines is 1. The summed E-state index contributed by atoms with van der Waals surface area (Å²) in [4.78, 5) is 28.9. The van der Waals surface area contributed by atoms with Crippen molar-refractivity contribution < 1.29 is 18.7 Å². The Hall–Kier alpha value is -3.76. The molecule has 180 valence electrons. The number of carbonyl (C=O) groups is 2. The lowest BCUT2D eigenvalue weighted by Gasteiger charge is -2.28. The summed E-state index contributed by atoms with van der Waals surface area (Å²) in [6.45, 7) is 4.89. The average Bonchev–Trinajstić information content (AvgIpc) is 3.47. The summed E-state index contributed by atoms with van der Waals surface area (Å²) in [5.74, 6) is -0.426. The van der Waals surface area contributed by atoms with Crippen molar-refractivity contribution in [3.05, 3.63) is 76.4 Å². The molecule has 3 heterocycles. The summed E-state index contributed by atoms with van der Waals surface area (Å²) in [5, 5.41) is 13.5. The van der Waals surface area contributed by atoms with Gasteiger partial charge in [-0.2, -0.15) is 5.10 Å². The van der Waals surface area contributed by atoms with E-state index in [0.717, 1.165) is 24.3 Å². The van der Waals surface area contributed by atoms with Gasteiger partial charge in [-0.15, -0.1) is 11.3 Å². The minimum absolute atomic E-state index is 0.263. The van der Waals surface area contributed by atoms with Crippen LogP contribution >= 0.6 is 11.3 Å². The Bertz CT molecular complexity index is 1340. The van der Waals surface area contributed by atoms with Crippen molar-refractivity contribution >= 4 is 44.9 Å². The first-order valence-electron chi connectivity index (χ1n) is 11.3. The molecule has 1 saturated heterocycles. The number of halogens is 1. The van der Waals surface area contributed by atoms with Crippen LogP contribution in [0.1, 0.15) is 38.6 Å². The smallest absolute Gasteiger partial charge is 0.261 e. The van der Waals surface area contributed by atoms with E-state index in [1.807, 2.05) is 19.1 Å². The number of H-pyrrole nitrogens is 1. The van der Waals surface area contributed by atoms with E-state index in [0.29, 0.717) is 39.7 Å². The summed E-state index contributed by atoms with van der Waals surface area (Å²) in [6, 6.07) is 14.9. The van der Waals surface area contributed by atoms with Gasteiger partial charge in [0.2, 0.25) is 0 Å². The quantitative estimate of drug-likeness (QED) is 0.371. The highest BCUT2D eigenvalue weighted by molar-refractivity contribution is 7.20. The molecule has 4 aromatic rings. The number of aromatic nitrogens is 2. The Morgan fingerprint density at radius 3 is 2.51 bits per heavy atom. The van der Waals surface area contributed by atoms with Gasteiger partial charge >= 0.3 is 0 Å². The second kappa shape index (κ2) is 9.85. The van der Waals surface area contributed by atoms with Gasteiger partial charge in [-0.05, 0) is 55.0 Å².